The van der Waals surface area contributed by atoms with Gasteiger partial charge in [-0.3, -0.25) is 4.90 Å². The first-order valence-electron chi connectivity index (χ1n) is 28.4. The number of likely N-dealkylation sites (tertiary alicyclic amines) is 1. The van der Waals surface area contributed by atoms with Gasteiger partial charge in [0.25, 0.3) is 0 Å². The van der Waals surface area contributed by atoms with Crippen molar-refractivity contribution in [1.29, 1.82) is 0 Å². The molecule has 33 rings (SSSR count). The number of hydrogen-bond acceptors (Lipinski definition) is 4. The van der Waals surface area contributed by atoms with Crippen LogP contribution in [0.4, 0.5) is 0 Å². The van der Waals surface area contributed by atoms with Crippen molar-refractivity contribution in [2.24, 2.45) is 0 Å². The summed E-state index contributed by atoms with van der Waals surface area (Å²) in [5.41, 5.74) is 6.53. The lowest BCUT2D eigenvalue weighted by atomic mass is 9.47. The van der Waals surface area contributed by atoms with Crippen LogP contribution in [0, 0.1) is 0 Å². The molecule has 2 spiro atoms. The maximum Gasteiger partial charge on any atom is 0.0701 e. The molecular weight excluding hydrogens is 915 g/mol. The highest BCUT2D eigenvalue weighted by Crippen LogP contribution is 2.86. The molecule has 0 N–H and O–H groups in total. The summed E-state index contributed by atoms with van der Waals surface area (Å²) in [4.78, 5) is 3.04. The number of rotatable bonds is 9. The molecule has 1 aliphatic heterocycles. The van der Waals surface area contributed by atoms with Gasteiger partial charge in [-0.05, 0) is 327 Å². The molecule has 4 aliphatic carbocycles. The van der Waals surface area contributed by atoms with Crippen molar-refractivity contribution in [3.05, 3.63) is 22.3 Å². The molecule has 330 valence electrons. The number of nitrogens with zero attached hydrogens (tertiary/aromatic N) is 1. The molecule has 2 atom stereocenters. The molecule has 4 nitrogen and oxygen atoms in total. The first-order valence-corrected chi connectivity index (χ1v) is 28.4. The van der Waals surface area contributed by atoms with Crippen LogP contribution in [0.15, 0.2) is 0 Å². The summed E-state index contributed by atoms with van der Waals surface area (Å²) in [7, 11) is 1.75. The number of hydrogen-bond donors (Lipinski definition) is 0. The maximum absolute atomic E-state index is 6.68. The van der Waals surface area contributed by atoms with Crippen LogP contribution < -0.4 is 0 Å². The molecule has 0 bridgehead atoms. The second-order valence-corrected chi connectivity index (χ2v) is 27.2. The van der Waals surface area contributed by atoms with Gasteiger partial charge in [-0.1, -0.05) is 0 Å². The topological polar surface area (TPSA) is 30.9 Å². The van der Waals surface area contributed by atoms with E-state index in [0.29, 0.717) is 33.0 Å². The van der Waals surface area contributed by atoms with E-state index < -0.39 is 0 Å². The SMILES string of the molecule is COCCOCCOCCN1C(C)C23c4c5c6c7c8c9c(c%10c%11c2c2c4c4c%12c5c5c6c6c8c8c%13c9c9c%10c%10c%11c%11c2c2c4c4c%12c%12c5c5c6c8c6c8c%13c9c9c%10c%10c%11c2c2c4c4c%12c5c6c5c8c9c%10c2c45)C73C1C. The second-order valence-electron chi connectivity index (χ2n) is 27.2. The van der Waals surface area contributed by atoms with E-state index in [1.807, 2.05) is 0 Å². The average Bonchev–Trinajstić information content (AvgIpc) is 3.38. The van der Waals surface area contributed by atoms with Gasteiger partial charge in [0.2, 0.25) is 0 Å². The molecule has 5 aliphatic rings. The molecule has 2 unspecified atom stereocenters. The Labute approximate surface area is 413 Å². The highest BCUT2D eigenvalue weighted by molar-refractivity contribution is 6.82. The predicted molar refractivity (Wildman–Crippen MR) is 313 cm³/mol. The lowest BCUT2D eigenvalue weighted by Crippen LogP contribution is -2.55. The third-order valence-electron chi connectivity index (χ3n) is 27.0. The van der Waals surface area contributed by atoms with Gasteiger partial charge in [0, 0.05) is 25.7 Å². The quantitative estimate of drug-likeness (QED) is 0.107. The molecule has 1 saturated heterocycles. The largest absolute Gasteiger partial charge is 0.382 e. The third-order valence-corrected chi connectivity index (χ3v) is 27.0. The lowest BCUT2D eigenvalue weighted by molar-refractivity contribution is 0.0160. The van der Waals surface area contributed by atoms with Crippen molar-refractivity contribution < 1.29 is 14.2 Å². The normalized spacial score (nSPS) is 24.2. The summed E-state index contributed by atoms with van der Waals surface area (Å²) in [5.74, 6) is 0. The van der Waals surface area contributed by atoms with Crippen molar-refractivity contribution in [1.82, 2.24) is 4.90 Å². The average molecular weight is 938 g/mol. The Morgan fingerprint density at radius 1 is 0.240 bits per heavy atom. The van der Waals surface area contributed by atoms with Gasteiger partial charge in [0.15, 0.2) is 0 Å². The van der Waals surface area contributed by atoms with Gasteiger partial charge in [-0.2, -0.15) is 0 Å². The van der Waals surface area contributed by atoms with E-state index in [9.17, 15) is 0 Å². The van der Waals surface area contributed by atoms with Crippen LogP contribution in [-0.4, -0.2) is 63.7 Å². The first kappa shape index (κ1) is 30.6. The van der Waals surface area contributed by atoms with Gasteiger partial charge >= 0.3 is 0 Å². The molecule has 0 aromatic heterocycles. The summed E-state index contributed by atoms with van der Waals surface area (Å²) < 4.78 is 18.0. The van der Waals surface area contributed by atoms with Crippen LogP contribution >= 0.6 is 0 Å². The Balaban J connectivity index is 1.01. The first-order chi connectivity index (χ1) is 37.3. The number of benzene rings is 18. The zero-order valence-electron chi connectivity index (χ0n) is 40.1. The van der Waals surface area contributed by atoms with Crippen LogP contribution in [0.1, 0.15) is 36.1 Å². The fraction of sp³-hybridized carbons (Fsp3) is 0.183. The summed E-state index contributed by atoms with van der Waals surface area (Å²) in [5, 5.41) is 90.1. The Morgan fingerprint density at radius 2 is 0.400 bits per heavy atom. The van der Waals surface area contributed by atoms with E-state index in [0.717, 1.165) is 6.54 Å². The fourth-order valence-electron chi connectivity index (χ4n) is 26.7. The minimum atomic E-state index is -0.277. The van der Waals surface area contributed by atoms with E-state index in [1.54, 1.807) is 320 Å². The summed E-state index contributed by atoms with van der Waals surface area (Å²) >= 11 is 0. The van der Waals surface area contributed by atoms with Crippen LogP contribution in [-0.2, 0) is 25.0 Å². The maximum atomic E-state index is 6.68. The zero-order valence-corrected chi connectivity index (χ0v) is 40.1. The minimum absolute atomic E-state index is 0.241. The number of methoxy groups -OCH3 is 1. The van der Waals surface area contributed by atoms with Crippen LogP contribution in [0.2, 0.25) is 0 Å². The third kappa shape index (κ3) is 1.75. The second kappa shape index (κ2) is 7.34. The summed E-state index contributed by atoms with van der Waals surface area (Å²) in [6.07, 6.45) is 0. The summed E-state index contributed by atoms with van der Waals surface area (Å²) in [6, 6.07) is 0.481. The van der Waals surface area contributed by atoms with Gasteiger partial charge in [0.1, 0.15) is 0 Å². The van der Waals surface area contributed by atoms with Crippen molar-refractivity contribution in [2.75, 3.05) is 46.7 Å². The Morgan fingerprint density at radius 3 is 0.587 bits per heavy atom. The van der Waals surface area contributed by atoms with Gasteiger partial charge in [0.05, 0.1) is 43.9 Å². The van der Waals surface area contributed by atoms with E-state index in [4.69, 9.17) is 14.2 Å². The monoisotopic (exact) mass is 937 g/mol. The lowest BCUT2D eigenvalue weighted by Gasteiger charge is -2.52. The highest BCUT2D eigenvalue weighted by Gasteiger charge is 2.77. The van der Waals surface area contributed by atoms with Gasteiger partial charge in [-0.15, -0.1) is 0 Å². The zero-order chi connectivity index (χ0) is 45.6. The van der Waals surface area contributed by atoms with E-state index in [2.05, 4.69) is 18.7 Å². The van der Waals surface area contributed by atoms with E-state index in [1.165, 1.54) is 0 Å². The van der Waals surface area contributed by atoms with Crippen LogP contribution in [0.3, 0.4) is 0 Å². The van der Waals surface area contributed by atoms with Crippen molar-refractivity contribution >= 4 is 291 Å². The van der Waals surface area contributed by atoms with E-state index in [-0.39, 0.29) is 22.9 Å². The molecule has 28 aromatic carbocycles. The van der Waals surface area contributed by atoms with Crippen molar-refractivity contribution in [2.45, 2.75) is 36.8 Å². The van der Waals surface area contributed by atoms with Crippen molar-refractivity contribution in [3.63, 3.8) is 0 Å². The van der Waals surface area contributed by atoms with Gasteiger partial charge in [-0.25, -0.2) is 0 Å². The Bertz CT molecular complexity index is 6660. The molecule has 75 heavy (non-hydrogen) atoms. The van der Waals surface area contributed by atoms with Crippen LogP contribution in [0.5, 0.6) is 0 Å². The predicted octanol–water partition coefficient (Wildman–Crippen LogP) is 17.1. The smallest absolute Gasteiger partial charge is 0.0701 e. The molecule has 28 aromatic rings. The van der Waals surface area contributed by atoms with E-state index >= 15 is 0 Å². The van der Waals surface area contributed by atoms with Gasteiger partial charge < -0.3 is 14.2 Å². The fourth-order valence-corrected chi connectivity index (χ4v) is 26.7. The molecule has 4 heteroatoms. The molecular formula is C71H23NO3. The summed E-state index contributed by atoms with van der Waals surface area (Å²) in [6.45, 7) is 9.53. The molecule has 0 radical (unpaired) electrons. The standard InChI is InChI=1S/C71H23NO3/c1-10-70-66-58-50-40-30-22-14-12-13-16-20-18(14)26-34-28(20)38-32-24(16)25-17(13)21-19-15(12)23(22)31-37-27(19)35-29(21)39-33(25)43-42(32)52-46(38)56-48(34)54(44(50)36(26)30)62(66)64(56)68-60(52)61-53(43)47(39)57-49(35)55-45(37)51(41(31)40)59(58)67(70)63(55)65(57)69(61)71(68,70)11(2)72(10)4-5-74-8-9-75-7-6-73-3/h10-11H,4-9H2,1-3H3. The molecule has 1 heterocycles. The minimum Gasteiger partial charge on any atom is -0.382 e. The van der Waals surface area contributed by atoms with Crippen LogP contribution in [0.25, 0.3) is 291 Å². The number of ether oxygens (including phenoxy) is 3. The Kier molecular flexibility index (Phi) is 2.99. The Hall–Kier alpha value is -7.70. The van der Waals surface area contributed by atoms with Crippen molar-refractivity contribution in [3.8, 4) is 0 Å². The molecule has 1 fully saturated rings. The molecule has 0 amide bonds. The highest BCUT2D eigenvalue weighted by atomic mass is 16.5. The molecule has 0 saturated carbocycles.